The van der Waals surface area contributed by atoms with Crippen molar-refractivity contribution in [2.75, 3.05) is 19.6 Å². The number of benzene rings is 1. The van der Waals surface area contributed by atoms with E-state index in [1.807, 2.05) is 0 Å². The van der Waals surface area contributed by atoms with Crippen LogP contribution in [0.25, 0.3) is 0 Å². The molecular weight excluding hydrogens is 246 g/mol. The number of hydrogen-bond donors (Lipinski definition) is 1. The van der Waals surface area contributed by atoms with Gasteiger partial charge in [-0.15, -0.1) is 0 Å². The Morgan fingerprint density at radius 1 is 1.20 bits per heavy atom. The van der Waals surface area contributed by atoms with E-state index in [0.29, 0.717) is 11.8 Å². The predicted molar refractivity (Wildman–Crippen MR) is 82.8 cm³/mol. The molecule has 1 aromatic carbocycles. The third-order valence-electron chi connectivity index (χ3n) is 5.19. The van der Waals surface area contributed by atoms with E-state index < -0.39 is 5.60 Å². The normalized spacial score (nSPS) is 34.7. The summed E-state index contributed by atoms with van der Waals surface area (Å²) in [5, 5.41) is 11.1. The Labute approximate surface area is 122 Å². The Kier molecular flexibility index (Phi) is 4.13. The largest absolute Gasteiger partial charge is 0.390 e. The Bertz CT molecular complexity index is 432. The van der Waals surface area contributed by atoms with Crippen LogP contribution in [0.4, 0.5) is 0 Å². The highest BCUT2D eigenvalue weighted by atomic mass is 16.3. The first kappa shape index (κ1) is 14.1. The van der Waals surface area contributed by atoms with Crippen molar-refractivity contribution >= 4 is 0 Å². The van der Waals surface area contributed by atoms with Gasteiger partial charge in [-0.05, 0) is 62.6 Å². The molecule has 2 fully saturated rings. The molecule has 3 unspecified atom stereocenters. The fourth-order valence-corrected chi connectivity index (χ4v) is 3.97. The molecule has 2 nitrogen and oxygen atoms in total. The van der Waals surface area contributed by atoms with E-state index in [1.165, 1.54) is 31.5 Å². The van der Waals surface area contributed by atoms with Gasteiger partial charge in [0.2, 0.25) is 0 Å². The summed E-state index contributed by atoms with van der Waals surface area (Å²) in [5.41, 5.74) is 1.00. The predicted octanol–water partition coefficient (Wildman–Crippen LogP) is 3.42. The molecular formula is C18H27NO. The first-order valence-corrected chi connectivity index (χ1v) is 8.22. The zero-order valence-electron chi connectivity index (χ0n) is 12.6. The molecule has 3 atom stereocenters. The second kappa shape index (κ2) is 5.87. The van der Waals surface area contributed by atoms with E-state index in [-0.39, 0.29) is 0 Å². The van der Waals surface area contributed by atoms with E-state index in [2.05, 4.69) is 42.2 Å². The van der Waals surface area contributed by atoms with Crippen molar-refractivity contribution in [3.05, 3.63) is 35.9 Å². The lowest BCUT2D eigenvalue weighted by Crippen LogP contribution is -2.34. The molecule has 0 aromatic heterocycles. The lowest BCUT2D eigenvalue weighted by Gasteiger charge is -2.27. The SMILES string of the molecule is CCCN1CCCC(O)(C2CC2c2ccccc2)CC1. The Hall–Kier alpha value is -0.860. The van der Waals surface area contributed by atoms with Gasteiger partial charge in [0.15, 0.2) is 0 Å². The van der Waals surface area contributed by atoms with E-state index in [4.69, 9.17) is 0 Å². The zero-order chi connectivity index (χ0) is 14.0. The fraction of sp³-hybridized carbons (Fsp3) is 0.667. The van der Waals surface area contributed by atoms with Crippen LogP contribution in [-0.4, -0.2) is 35.2 Å². The minimum atomic E-state index is -0.414. The molecule has 1 heterocycles. The molecule has 3 rings (SSSR count). The van der Waals surface area contributed by atoms with E-state index in [9.17, 15) is 5.11 Å². The van der Waals surface area contributed by atoms with Crippen LogP contribution >= 0.6 is 0 Å². The number of hydrogen-bond acceptors (Lipinski definition) is 2. The maximum absolute atomic E-state index is 11.1. The van der Waals surface area contributed by atoms with Gasteiger partial charge >= 0.3 is 0 Å². The van der Waals surface area contributed by atoms with Gasteiger partial charge in [-0.3, -0.25) is 0 Å². The van der Waals surface area contributed by atoms with Gasteiger partial charge in [-0.25, -0.2) is 0 Å². The van der Waals surface area contributed by atoms with E-state index in [0.717, 1.165) is 25.8 Å². The van der Waals surface area contributed by atoms with Crippen molar-refractivity contribution in [1.29, 1.82) is 0 Å². The van der Waals surface area contributed by atoms with E-state index >= 15 is 0 Å². The standard InChI is InChI=1S/C18H27NO/c1-2-11-19-12-6-9-18(20,10-13-19)17-14-16(17)15-7-4-3-5-8-15/h3-5,7-8,16-17,20H,2,6,9-14H2,1H3. The summed E-state index contributed by atoms with van der Waals surface area (Å²) in [4.78, 5) is 2.53. The van der Waals surface area contributed by atoms with Gasteiger partial charge in [0.1, 0.15) is 0 Å². The summed E-state index contributed by atoms with van der Waals surface area (Å²) >= 11 is 0. The summed E-state index contributed by atoms with van der Waals surface area (Å²) < 4.78 is 0. The molecule has 1 aliphatic heterocycles. The maximum Gasteiger partial charge on any atom is 0.0694 e. The van der Waals surface area contributed by atoms with Crippen molar-refractivity contribution < 1.29 is 5.11 Å². The Balaban J connectivity index is 1.63. The molecule has 1 aliphatic carbocycles. The molecule has 1 N–H and O–H groups in total. The van der Waals surface area contributed by atoms with Crippen LogP contribution in [0.3, 0.4) is 0 Å². The van der Waals surface area contributed by atoms with Crippen molar-refractivity contribution in [2.45, 2.75) is 50.5 Å². The lowest BCUT2D eigenvalue weighted by atomic mass is 9.87. The first-order chi connectivity index (χ1) is 9.73. The molecule has 1 saturated carbocycles. The Morgan fingerprint density at radius 3 is 2.75 bits per heavy atom. The molecule has 0 amide bonds. The van der Waals surface area contributed by atoms with Crippen LogP contribution in [0, 0.1) is 5.92 Å². The summed E-state index contributed by atoms with van der Waals surface area (Å²) in [6, 6.07) is 10.7. The van der Waals surface area contributed by atoms with Gasteiger partial charge in [0.05, 0.1) is 5.60 Å². The first-order valence-electron chi connectivity index (χ1n) is 8.22. The highest BCUT2D eigenvalue weighted by Crippen LogP contribution is 2.56. The summed E-state index contributed by atoms with van der Waals surface area (Å²) in [7, 11) is 0. The van der Waals surface area contributed by atoms with Gasteiger partial charge in [-0.2, -0.15) is 0 Å². The molecule has 2 aliphatic rings. The molecule has 1 saturated heterocycles. The van der Waals surface area contributed by atoms with Crippen LogP contribution in [0.15, 0.2) is 30.3 Å². The van der Waals surface area contributed by atoms with Crippen LogP contribution in [0.1, 0.15) is 50.5 Å². The van der Waals surface area contributed by atoms with Crippen molar-refractivity contribution in [3.63, 3.8) is 0 Å². The second-order valence-corrected chi connectivity index (χ2v) is 6.66. The molecule has 110 valence electrons. The number of rotatable bonds is 4. The highest BCUT2D eigenvalue weighted by molar-refractivity contribution is 5.27. The van der Waals surface area contributed by atoms with Gasteiger partial charge < -0.3 is 10.0 Å². The maximum atomic E-state index is 11.1. The number of nitrogens with zero attached hydrogens (tertiary/aromatic N) is 1. The fourth-order valence-electron chi connectivity index (χ4n) is 3.97. The number of likely N-dealkylation sites (tertiary alicyclic amines) is 1. The summed E-state index contributed by atoms with van der Waals surface area (Å²) in [5.74, 6) is 1.09. The monoisotopic (exact) mass is 273 g/mol. The molecule has 20 heavy (non-hydrogen) atoms. The minimum Gasteiger partial charge on any atom is -0.390 e. The third-order valence-corrected chi connectivity index (χ3v) is 5.19. The second-order valence-electron chi connectivity index (χ2n) is 6.66. The molecule has 1 aromatic rings. The van der Waals surface area contributed by atoms with Gasteiger partial charge in [0, 0.05) is 6.54 Å². The minimum absolute atomic E-state index is 0.414. The molecule has 2 heteroatoms. The van der Waals surface area contributed by atoms with Crippen molar-refractivity contribution in [1.82, 2.24) is 4.90 Å². The molecule has 0 spiro atoms. The zero-order valence-corrected chi connectivity index (χ0v) is 12.6. The Morgan fingerprint density at radius 2 is 2.00 bits per heavy atom. The smallest absolute Gasteiger partial charge is 0.0694 e. The summed E-state index contributed by atoms with van der Waals surface area (Å²) in [6.07, 6.45) is 5.49. The van der Waals surface area contributed by atoms with Crippen LogP contribution in [0.5, 0.6) is 0 Å². The molecule has 0 radical (unpaired) electrons. The van der Waals surface area contributed by atoms with Crippen LogP contribution in [0.2, 0.25) is 0 Å². The third kappa shape index (κ3) is 2.91. The van der Waals surface area contributed by atoms with Crippen molar-refractivity contribution in [3.8, 4) is 0 Å². The van der Waals surface area contributed by atoms with Gasteiger partial charge in [-0.1, -0.05) is 37.3 Å². The van der Waals surface area contributed by atoms with Crippen LogP contribution in [-0.2, 0) is 0 Å². The van der Waals surface area contributed by atoms with Crippen molar-refractivity contribution in [2.24, 2.45) is 5.92 Å². The number of aliphatic hydroxyl groups is 1. The van der Waals surface area contributed by atoms with Gasteiger partial charge in [0.25, 0.3) is 0 Å². The highest BCUT2D eigenvalue weighted by Gasteiger charge is 2.52. The topological polar surface area (TPSA) is 23.5 Å². The lowest BCUT2D eigenvalue weighted by molar-refractivity contribution is 0.00149. The average molecular weight is 273 g/mol. The quantitative estimate of drug-likeness (QED) is 0.908. The summed E-state index contributed by atoms with van der Waals surface area (Å²) in [6.45, 7) is 5.66. The molecule has 0 bridgehead atoms. The average Bonchev–Trinajstić information content (AvgIpc) is 3.27. The van der Waals surface area contributed by atoms with E-state index in [1.54, 1.807) is 0 Å². The van der Waals surface area contributed by atoms with Crippen LogP contribution < -0.4 is 0 Å².